The largest absolute Gasteiger partial charge is 0.478 e. The van der Waals surface area contributed by atoms with E-state index in [0.29, 0.717) is 21.3 Å². The Bertz CT molecular complexity index is 2330. The van der Waals surface area contributed by atoms with Gasteiger partial charge in [-0.2, -0.15) is 40.7 Å². The Morgan fingerprint density at radius 2 is 1.46 bits per heavy atom. The number of aromatic nitrogens is 4. The average Bonchev–Trinajstić information content (AvgIpc) is 3.05. The molecule has 17 nitrogen and oxygen atoms in total. The summed E-state index contributed by atoms with van der Waals surface area (Å²) in [7, 11) is -3.82. The fraction of sp³-hybridized carbons (Fsp3) is 0.233. The molecule has 56 heavy (non-hydrogen) atoms. The van der Waals surface area contributed by atoms with Gasteiger partial charge in [0.25, 0.3) is 15.6 Å². The number of alkyl halides is 7. The number of carboxylic acids is 1. The molecule has 0 unspecified atom stereocenters. The molecule has 2 aromatic heterocycles. The second kappa shape index (κ2) is 17.9. The van der Waals surface area contributed by atoms with Crippen molar-refractivity contribution in [3.8, 4) is 17.4 Å². The highest BCUT2D eigenvalue weighted by Crippen LogP contribution is 2.27. The zero-order chi connectivity index (χ0) is 42.3. The maximum absolute atomic E-state index is 12.9. The molecule has 0 aliphatic carbocycles. The molecule has 2 amide bonds. The quantitative estimate of drug-likeness (QED) is 0.138. The number of hydrogen-bond donors (Lipinski definition) is 3. The highest BCUT2D eigenvalue weighted by atomic mass is 35.5. The zero-order valence-electron chi connectivity index (χ0n) is 28.2. The number of ether oxygens (including phenoxy) is 3. The maximum atomic E-state index is 12.9. The van der Waals surface area contributed by atoms with Gasteiger partial charge < -0.3 is 19.3 Å². The molecule has 2 heterocycles. The molecule has 0 fully saturated rings. The minimum Gasteiger partial charge on any atom is -0.478 e. The number of nitrogens with zero attached hydrogens (tertiary/aromatic N) is 4. The highest BCUT2D eigenvalue weighted by Gasteiger charge is 2.35. The molecule has 302 valence electrons. The third-order valence-electron chi connectivity index (χ3n) is 6.34. The fourth-order valence-electron chi connectivity index (χ4n) is 4.17. The molecule has 26 heteroatoms. The molecule has 0 aliphatic heterocycles. The number of esters is 1. The van der Waals surface area contributed by atoms with Crippen LogP contribution in [0.2, 0.25) is 5.02 Å². The summed E-state index contributed by atoms with van der Waals surface area (Å²) >= 11 is 5.94. The van der Waals surface area contributed by atoms with E-state index in [-0.39, 0.29) is 16.3 Å². The van der Waals surface area contributed by atoms with E-state index in [1.54, 1.807) is 19.2 Å². The summed E-state index contributed by atoms with van der Waals surface area (Å²) in [6.07, 6.45) is -5.30. The highest BCUT2D eigenvalue weighted by molar-refractivity contribution is 7.90. The number of benzene rings is 2. The number of carbonyl (C=O) groups is 3. The SMILES string of the molecule is CC(C)OC(=O)c1cc(-n2c(=O)cc(C(F)(F)F)n(C)c2=O)ccc1Cl.O=C(Nc1nc(OC(F)F)cc(OC(F)F)n1)NS(=O)(=O)c1ccccc1C(=O)O. The number of sulfonamides is 1. The molecule has 0 aliphatic rings. The van der Waals surface area contributed by atoms with Gasteiger partial charge in [0.15, 0.2) is 0 Å². The van der Waals surface area contributed by atoms with E-state index in [1.165, 1.54) is 29.0 Å². The summed E-state index contributed by atoms with van der Waals surface area (Å²) in [5.41, 5.74) is -4.65. The summed E-state index contributed by atoms with van der Waals surface area (Å²) in [4.78, 5) is 65.3. The Hall–Kier alpha value is -6.24. The van der Waals surface area contributed by atoms with Crippen molar-refractivity contribution in [3.63, 3.8) is 0 Å². The van der Waals surface area contributed by atoms with Crippen LogP contribution in [0.5, 0.6) is 11.8 Å². The molecule has 2 aromatic carbocycles. The molecule has 0 radical (unpaired) electrons. The minimum atomic E-state index is -4.86. The van der Waals surface area contributed by atoms with Crippen molar-refractivity contribution >= 4 is 45.5 Å². The number of carboxylic acid groups (broad SMARTS) is 1. The third-order valence-corrected chi connectivity index (χ3v) is 8.06. The van der Waals surface area contributed by atoms with Crippen molar-refractivity contribution in [2.45, 2.75) is 44.2 Å². The van der Waals surface area contributed by atoms with Gasteiger partial charge in [-0.1, -0.05) is 23.7 Å². The Balaban J connectivity index is 0.000000303. The smallest absolute Gasteiger partial charge is 0.431 e. The predicted octanol–water partition coefficient (Wildman–Crippen LogP) is 4.66. The number of halogens is 8. The van der Waals surface area contributed by atoms with Gasteiger partial charge in [0, 0.05) is 13.1 Å². The number of anilines is 1. The van der Waals surface area contributed by atoms with Gasteiger partial charge >= 0.3 is 43.1 Å². The Kier molecular flexibility index (Phi) is 14.1. The number of nitrogens with one attached hydrogen (secondary N) is 2. The first-order valence-electron chi connectivity index (χ1n) is 14.8. The van der Waals surface area contributed by atoms with Crippen molar-refractivity contribution in [3.05, 3.63) is 97.3 Å². The average molecular weight is 845 g/mol. The summed E-state index contributed by atoms with van der Waals surface area (Å²) in [5, 5.41) is 10.7. The van der Waals surface area contributed by atoms with Crippen molar-refractivity contribution in [2.24, 2.45) is 7.05 Å². The zero-order valence-corrected chi connectivity index (χ0v) is 29.8. The van der Waals surface area contributed by atoms with E-state index in [1.807, 2.05) is 0 Å². The molecule has 4 aromatic rings. The van der Waals surface area contributed by atoms with Crippen molar-refractivity contribution in [1.29, 1.82) is 0 Å². The second-order valence-corrected chi connectivity index (χ2v) is 12.7. The summed E-state index contributed by atoms with van der Waals surface area (Å²) in [6.45, 7) is -3.58. The molecular weight excluding hydrogens is 821 g/mol. The monoisotopic (exact) mass is 844 g/mol. The van der Waals surface area contributed by atoms with E-state index >= 15 is 0 Å². The van der Waals surface area contributed by atoms with Crippen molar-refractivity contribution in [2.75, 3.05) is 5.32 Å². The van der Waals surface area contributed by atoms with Crippen LogP contribution in [0.25, 0.3) is 5.69 Å². The first kappa shape index (κ1) is 44.2. The van der Waals surface area contributed by atoms with E-state index in [9.17, 15) is 63.1 Å². The van der Waals surface area contributed by atoms with Gasteiger partial charge in [-0.25, -0.2) is 36.9 Å². The molecule has 0 saturated heterocycles. The van der Waals surface area contributed by atoms with Crippen LogP contribution in [-0.4, -0.2) is 69.9 Å². The Morgan fingerprint density at radius 1 is 0.893 bits per heavy atom. The third kappa shape index (κ3) is 11.6. The summed E-state index contributed by atoms with van der Waals surface area (Å²) < 4.78 is 128. The maximum Gasteiger partial charge on any atom is 0.431 e. The first-order valence-corrected chi connectivity index (χ1v) is 16.6. The first-order chi connectivity index (χ1) is 25.9. The lowest BCUT2D eigenvalue weighted by atomic mass is 10.2. The number of rotatable bonds is 11. The van der Waals surface area contributed by atoms with Crippen LogP contribution in [0.3, 0.4) is 0 Å². The second-order valence-electron chi connectivity index (χ2n) is 10.6. The van der Waals surface area contributed by atoms with Crippen molar-refractivity contribution in [1.82, 2.24) is 23.8 Å². The lowest BCUT2D eigenvalue weighted by Crippen LogP contribution is -2.40. The topological polar surface area (TPSA) is 227 Å². The number of aromatic carboxylic acids is 1. The Morgan fingerprint density at radius 3 is 1.98 bits per heavy atom. The van der Waals surface area contributed by atoms with E-state index in [2.05, 4.69) is 19.4 Å². The Labute approximate surface area is 313 Å². The van der Waals surface area contributed by atoms with Crippen LogP contribution in [0.15, 0.2) is 69.1 Å². The normalized spacial score (nSPS) is 11.5. The van der Waals surface area contributed by atoms with Crippen LogP contribution in [0, 0.1) is 0 Å². The molecule has 0 spiro atoms. The molecule has 0 bridgehead atoms. The summed E-state index contributed by atoms with van der Waals surface area (Å²) in [6, 6.07) is 7.14. The lowest BCUT2D eigenvalue weighted by molar-refractivity contribution is -0.144. The lowest BCUT2D eigenvalue weighted by Gasteiger charge is -2.15. The molecule has 3 N–H and O–H groups in total. The number of hydrogen-bond acceptors (Lipinski definition) is 12. The molecule has 0 saturated carbocycles. The minimum absolute atomic E-state index is 0.0104. The fourth-order valence-corrected chi connectivity index (χ4v) is 5.47. The number of carbonyl (C=O) groups excluding carboxylic acids is 2. The number of amides is 2. The van der Waals surface area contributed by atoms with Crippen LogP contribution in [0.1, 0.15) is 40.3 Å². The van der Waals surface area contributed by atoms with Gasteiger partial charge in [-0.05, 0) is 44.2 Å². The van der Waals surface area contributed by atoms with E-state index in [0.717, 1.165) is 25.2 Å². The van der Waals surface area contributed by atoms with Gasteiger partial charge in [0.05, 0.1) is 34.0 Å². The van der Waals surface area contributed by atoms with E-state index in [4.69, 9.17) is 21.4 Å². The molecular formula is C30H24ClF7N6O11S. The standard InChI is InChI=1S/C16H14ClF3N2O4.C14H10F4N4O7S/c1-8(2)26-14(24)10-6-9(4-5-11(10)17)22-13(23)7-12(16(18,19)20)21(3)15(22)25;15-11(16)28-8-5-9(29-12(17)18)20-13(19-8)21-14(25)22-30(26,27)7-4-2-1-3-6(7)10(23)24/h4-8H,1-3H3;1-5,11-12H,(H,23,24)(H2,19,20,21,22,25). The van der Waals surface area contributed by atoms with Gasteiger partial charge in [0.1, 0.15) is 10.6 Å². The predicted molar refractivity (Wildman–Crippen MR) is 176 cm³/mol. The van der Waals surface area contributed by atoms with Crippen molar-refractivity contribution < 1.29 is 72.9 Å². The van der Waals surface area contributed by atoms with Crippen LogP contribution in [-0.2, 0) is 28.0 Å². The summed E-state index contributed by atoms with van der Waals surface area (Å²) in [5.74, 6) is -5.24. The van der Waals surface area contributed by atoms with Crippen LogP contribution in [0.4, 0.5) is 41.5 Å². The van der Waals surface area contributed by atoms with Gasteiger partial charge in [0.2, 0.25) is 17.7 Å². The van der Waals surface area contributed by atoms with Crippen LogP contribution >= 0.6 is 11.6 Å². The van der Waals surface area contributed by atoms with Crippen LogP contribution < -0.4 is 30.8 Å². The van der Waals surface area contributed by atoms with Gasteiger partial charge in [-0.15, -0.1) is 0 Å². The molecule has 0 atom stereocenters. The van der Waals surface area contributed by atoms with Gasteiger partial charge in [-0.3, -0.25) is 14.7 Å². The molecule has 4 rings (SSSR count). The number of urea groups is 1. The van der Waals surface area contributed by atoms with E-state index < -0.39 is 98.6 Å².